The van der Waals surface area contributed by atoms with Crippen LogP contribution >= 0.6 is 12.2 Å². The Bertz CT molecular complexity index is 384. The average molecular weight is 211 g/mol. The minimum atomic E-state index is 0.368. The van der Waals surface area contributed by atoms with Gasteiger partial charge in [0.05, 0.1) is 0 Å². The van der Waals surface area contributed by atoms with Gasteiger partial charge in [0.25, 0.3) is 0 Å². The van der Waals surface area contributed by atoms with E-state index in [9.17, 15) is 0 Å². The molecule has 1 N–H and O–H groups in total. The molecule has 0 atom stereocenters. The molecule has 0 aliphatic heterocycles. The third kappa shape index (κ3) is 1.64. The van der Waals surface area contributed by atoms with Crippen LogP contribution in [0.4, 0.5) is 0 Å². The molecule has 0 aromatic carbocycles. The second-order valence-corrected chi connectivity index (χ2v) is 4.88. The number of aryl methyl sites for hydroxylation is 1. The van der Waals surface area contributed by atoms with E-state index in [0.717, 1.165) is 17.0 Å². The first-order valence-corrected chi connectivity index (χ1v) is 5.38. The molecule has 1 aliphatic rings. The van der Waals surface area contributed by atoms with Crippen molar-refractivity contribution in [2.24, 2.45) is 0 Å². The van der Waals surface area contributed by atoms with Gasteiger partial charge in [-0.05, 0) is 46.1 Å². The zero-order chi connectivity index (χ0) is 10.3. The molecule has 14 heavy (non-hydrogen) atoms. The van der Waals surface area contributed by atoms with Crippen LogP contribution in [0.1, 0.15) is 18.5 Å². The maximum atomic E-state index is 5.24. The van der Waals surface area contributed by atoms with Crippen LogP contribution in [0, 0.1) is 11.7 Å². The number of aromatic nitrogens is 2. The van der Waals surface area contributed by atoms with E-state index in [4.69, 9.17) is 12.2 Å². The average Bonchev–Trinajstić information content (AvgIpc) is 2.77. The SMILES string of the molecule is Cc1cn(CC2(N(C)C)CC2)c(=S)[nH]1. The molecule has 3 nitrogen and oxygen atoms in total. The number of nitrogens with one attached hydrogen (secondary N) is 1. The molecule has 1 fully saturated rings. The lowest BCUT2D eigenvalue weighted by molar-refractivity contribution is 0.241. The number of hydrogen-bond donors (Lipinski definition) is 1. The number of likely N-dealkylation sites (N-methyl/N-ethyl adjacent to an activating group) is 1. The maximum absolute atomic E-state index is 5.24. The van der Waals surface area contributed by atoms with Gasteiger partial charge in [-0.3, -0.25) is 0 Å². The molecule has 1 aliphatic carbocycles. The Hall–Kier alpha value is -0.610. The van der Waals surface area contributed by atoms with Crippen molar-refractivity contribution in [3.63, 3.8) is 0 Å². The van der Waals surface area contributed by atoms with Crippen molar-refractivity contribution in [3.8, 4) is 0 Å². The van der Waals surface area contributed by atoms with Gasteiger partial charge >= 0.3 is 0 Å². The fourth-order valence-corrected chi connectivity index (χ4v) is 2.17. The normalized spacial score (nSPS) is 18.9. The Labute approximate surface area is 89.7 Å². The van der Waals surface area contributed by atoms with Gasteiger partial charge in [-0.25, -0.2) is 0 Å². The molecule has 0 saturated heterocycles. The first-order chi connectivity index (χ1) is 6.53. The van der Waals surface area contributed by atoms with Crippen molar-refractivity contribution in [2.45, 2.75) is 31.8 Å². The molecular formula is C10H17N3S. The Kier molecular flexibility index (Phi) is 2.27. The zero-order valence-corrected chi connectivity index (χ0v) is 9.82. The van der Waals surface area contributed by atoms with E-state index in [-0.39, 0.29) is 0 Å². The summed E-state index contributed by atoms with van der Waals surface area (Å²) in [5, 5.41) is 0. The van der Waals surface area contributed by atoms with E-state index in [1.807, 2.05) is 6.92 Å². The van der Waals surface area contributed by atoms with Gasteiger partial charge in [0.2, 0.25) is 0 Å². The van der Waals surface area contributed by atoms with Gasteiger partial charge in [0.15, 0.2) is 4.77 Å². The molecule has 0 amide bonds. The summed E-state index contributed by atoms with van der Waals surface area (Å²) in [6.45, 7) is 3.06. The third-order valence-corrected chi connectivity index (χ3v) is 3.49. The van der Waals surface area contributed by atoms with Gasteiger partial charge in [-0.2, -0.15) is 0 Å². The number of aromatic amines is 1. The number of hydrogen-bond acceptors (Lipinski definition) is 2. The summed E-state index contributed by atoms with van der Waals surface area (Å²) in [4.78, 5) is 5.47. The quantitative estimate of drug-likeness (QED) is 0.773. The van der Waals surface area contributed by atoms with E-state index in [2.05, 4.69) is 34.7 Å². The molecule has 1 aromatic heterocycles. The molecule has 78 valence electrons. The van der Waals surface area contributed by atoms with Crippen molar-refractivity contribution in [1.29, 1.82) is 0 Å². The van der Waals surface area contributed by atoms with Crippen LogP contribution in [0.3, 0.4) is 0 Å². The van der Waals surface area contributed by atoms with Crippen LogP contribution in [0.25, 0.3) is 0 Å². The predicted molar refractivity (Wildman–Crippen MR) is 60.0 cm³/mol. The molecule has 4 heteroatoms. The summed E-state index contributed by atoms with van der Waals surface area (Å²) in [7, 11) is 4.30. The molecule has 0 unspecified atom stereocenters. The van der Waals surface area contributed by atoms with E-state index < -0.39 is 0 Å². The molecule has 0 bridgehead atoms. The second kappa shape index (κ2) is 3.21. The monoisotopic (exact) mass is 211 g/mol. The second-order valence-electron chi connectivity index (χ2n) is 4.49. The first-order valence-electron chi connectivity index (χ1n) is 4.97. The van der Waals surface area contributed by atoms with E-state index in [0.29, 0.717) is 5.54 Å². The summed E-state index contributed by atoms with van der Waals surface area (Å²) >= 11 is 5.24. The van der Waals surface area contributed by atoms with Crippen molar-refractivity contribution < 1.29 is 0 Å². The molecule has 1 heterocycles. The molecule has 0 radical (unpaired) electrons. The fraction of sp³-hybridized carbons (Fsp3) is 0.700. The molecule has 0 spiro atoms. The zero-order valence-electron chi connectivity index (χ0n) is 9.00. The lowest BCUT2D eigenvalue weighted by Crippen LogP contribution is -2.34. The van der Waals surface area contributed by atoms with Crippen LogP contribution in [0.15, 0.2) is 6.20 Å². The van der Waals surface area contributed by atoms with Crippen LogP contribution in [0.2, 0.25) is 0 Å². The molecule has 2 rings (SSSR count). The van der Waals surface area contributed by atoms with Gasteiger partial charge in [0.1, 0.15) is 0 Å². The van der Waals surface area contributed by atoms with Gasteiger partial charge in [-0.15, -0.1) is 0 Å². The van der Waals surface area contributed by atoms with Crippen molar-refractivity contribution >= 4 is 12.2 Å². The highest BCUT2D eigenvalue weighted by Gasteiger charge is 2.45. The Morgan fingerprint density at radius 1 is 1.57 bits per heavy atom. The number of imidazole rings is 1. The predicted octanol–water partition coefficient (Wildman–Crippen LogP) is 1.95. The summed E-state index contributed by atoms with van der Waals surface area (Å²) < 4.78 is 2.99. The van der Waals surface area contributed by atoms with Crippen molar-refractivity contribution in [1.82, 2.24) is 14.5 Å². The summed E-state index contributed by atoms with van der Waals surface area (Å²) in [6.07, 6.45) is 4.67. The Balaban J connectivity index is 2.19. The van der Waals surface area contributed by atoms with Crippen LogP contribution in [0.5, 0.6) is 0 Å². The number of nitrogens with zero attached hydrogens (tertiary/aromatic N) is 2. The fourth-order valence-electron chi connectivity index (χ4n) is 1.89. The Morgan fingerprint density at radius 3 is 2.57 bits per heavy atom. The van der Waals surface area contributed by atoms with Crippen LogP contribution in [-0.2, 0) is 6.54 Å². The third-order valence-electron chi connectivity index (χ3n) is 3.15. The largest absolute Gasteiger partial charge is 0.335 e. The Morgan fingerprint density at radius 2 is 2.21 bits per heavy atom. The topological polar surface area (TPSA) is 24.0 Å². The minimum absolute atomic E-state index is 0.368. The van der Waals surface area contributed by atoms with E-state index in [1.165, 1.54) is 12.8 Å². The molecule has 1 saturated carbocycles. The number of rotatable bonds is 3. The smallest absolute Gasteiger partial charge is 0.177 e. The van der Waals surface area contributed by atoms with Crippen LogP contribution in [-0.4, -0.2) is 34.1 Å². The number of H-pyrrole nitrogens is 1. The standard InChI is InChI=1S/C10H17N3S/c1-8-6-13(9(14)11-8)7-10(4-5-10)12(2)3/h6H,4-5,7H2,1-3H3,(H,11,14). The van der Waals surface area contributed by atoms with E-state index in [1.54, 1.807) is 0 Å². The lowest BCUT2D eigenvalue weighted by atomic mass is 10.2. The van der Waals surface area contributed by atoms with Gasteiger partial charge < -0.3 is 14.5 Å². The van der Waals surface area contributed by atoms with Crippen LogP contribution < -0.4 is 0 Å². The highest BCUT2D eigenvalue weighted by atomic mass is 32.1. The maximum Gasteiger partial charge on any atom is 0.177 e. The van der Waals surface area contributed by atoms with Gasteiger partial charge in [-0.1, -0.05) is 0 Å². The first kappa shape index (κ1) is 9.93. The summed E-state index contributed by atoms with van der Waals surface area (Å²) in [5.41, 5.74) is 1.51. The minimum Gasteiger partial charge on any atom is -0.335 e. The highest BCUT2D eigenvalue weighted by molar-refractivity contribution is 7.71. The summed E-state index contributed by atoms with van der Waals surface area (Å²) in [5.74, 6) is 0. The summed E-state index contributed by atoms with van der Waals surface area (Å²) in [6, 6.07) is 0. The molecule has 1 aromatic rings. The van der Waals surface area contributed by atoms with Crippen molar-refractivity contribution in [2.75, 3.05) is 14.1 Å². The molecular weight excluding hydrogens is 194 g/mol. The highest BCUT2D eigenvalue weighted by Crippen LogP contribution is 2.41. The lowest BCUT2D eigenvalue weighted by Gasteiger charge is -2.23. The van der Waals surface area contributed by atoms with Crippen molar-refractivity contribution in [3.05, 3.63) is 16.7 Å². The van der Waals surface area contributed by atoms with Gasteiger partial charge in [0, 0.05) is 24.0 Å². The van der Waals surface area contributed by atoms with E-state index >= 15 is 0 Å².